The molecule has 2 aliphatic heterocycles. The molecule has 1 atom stereocenters. The highest BCUT2D eigenvalue weighted by Crippen LogP contribution is 2.40. The minimum absolute atomic E-state index is 0.0436. The number of dihydropyridines is 1. The van der Waals surface area contributed by atoms with Crippen LogP contribution in [-0.2, 0) is 16.1 Å². The van der Waals surface area contributed by atoms with Crippen molar-refractivity contribution < 1.29 is 24.5 Å². The Kier molecular flexibility index (Phi) is 6.88. The van der Waals surface area contributed by atoms with Gasteiger partial charge in [-0.3, -0.25) is 14.8 Å². The molecule has 0 unspecified atom stereocenters. The quantitative estimate of drug-likeness (QED) is 0.378. The number of aromatic nitrogens is 3. The number of amides is 1. The smallest absolute Gasteiger partial charge is 0.219 e. The number of aromatic amines is 1. The molecular formula is C26H29N5O5. The Labute approximate surface area is 208 Å². The Morgan fingerprint density at radius 2 is 2.08 bits per heavy atom. The molecule has 0 spiro atoms. The third kappa shape index (κ3) is 4.91. The van der Waals surface area contributed by atoms with Crippen molar-refractivity contribution in [3.8, 4) is 17.1 Å². The molecule has 2 aliphatic rings. The van der Waals surface area contributed by atoms with E-state index in [2.05, 4.69) is 26.3 Å². The number of allylic oxidation sites excluding steroid dienone is 2. The Morgan fingerprint density at radius 3 is 2.78 bits per heavy atom. The number of nitrogens with one attached hydrogen (secondary N) is 2. The largest absolute Gasteiger partial charge is 0.477 e. The predicted octanol–water partition coefficient (Wildman–Crippen LogP) is 2.52. The van der Waals surface area contributed by atoms with Gasteiger partial charge in [0.1, 0.15) is 23.8 Å². The number of carbonyl (C=O) groups is 1. The van der Waals surface area contributed by atoms with Crippen LogP contribution in [0.1, 0.15) is 37.1 Å². The van der Waals surface area contributed by atoms with Crippen LogP contribution in [0.25, 0.3) is 22.3 Å². The van der Waals surface area contributed by atoms with Crippen LogP contribution >= 0.6 is 0 Å². The van der Waals surface area contributed by atoms with Crippen molar-refractivity contribution in [3.63, 3.8) is 0 Å². The first-order chi connectivity index (χ1) is 17.6. The first-order valence-corrected chi connectivity index (χ1v) is 12.0. The summed E-state index contributed by atoms with van der Waals surface area (Å²) in [7, 11) is 0. The minimum Gasteiger partial charge on any atom is -0.477 e. The van der Waals surface area contributed by atoms with Crippen molar-refractivity contribution in [2.75, 3.05) is 26.3 Å². The molecule has 0 saturated carbocycles. The number of benzene rings is 1. The Hall–Kier alpha value is -3.89. The van der Waals surface area contributed by atoms with Crippen LogP contribution in [0.4, 0.5) is 0 Å². The Balaban J connectivity index is 1.51. The third-order valence-electron chi connectivity index (χ3n) is 6.36. The van der Waals surface area contributed by atoms with Crippen molar-refractivity contribution in [1.29, 1.82) is 0 Å². The number of aliphatic hydroxyl groups excluding tert-OH is 2. The first kappa shape index (κ1) is 23.8. The Bertz CT molecular complexity index is 1310. The van der Waals surface area contributed by atoms with Crippen molar-refractivity contribution in [3.05, 3.63) is 65.6 Å². The van der Waals surface area contributed by atoms with E-state index in [1.54, 1.807) is 25.4 Å². The molecule has 4 N–H and O–H groups in total. The lowest BCUT2D eigenvalue weighted by Gasteiger charge is -2.26. The van der Waals surface area contributed by atoms with E-state index in [0.717, 1.165) is 41.5 Å². The second kappa shape index (κ2) is 10.4. The van der Waals surface area contributed by atoms with Crippen LogP contribution in [0, 0.1) is 0 Å². The van der Waals surface area contributed by atoms with Gasteiger partial charge >= 0.3 is 0 Å². The maximum absolute atomic E-state index is 12.3. The lowest BCUT2D eigenvalue weighted by atomic mass is 10.0. The van der Waals surface area contributed by atoms with E-state index in [1.165, 1.54) is 0 Å². The maximum Gasteiger partial charge on any atom is 0.219 e. The molecule has 2 aromatic heterocycles. The lowest BCUT2D eigenvalue weighted by molar-refractivity contribution is -0.129. The van der Waals surface area contributed by atoms with Gasteiger partial charge in [0.25, 0.3) is 0 Å². The topological polar surface area (TPSA) is 133 Å². The summed E-state index contributed by atoms with van der Waals surface area (Å²) in [5, 5.41) is 22.3. The average molecular weight is 492 g/mol. The van der Waals surface area contributed by atoms with Crippen LogP contribution in [-0.4, -0.2) is 62.3 Å². The number of H-pyrrole nitrogens is 1. The standard InChI is InChI=1S/C26H29N5O5/c1-16(34)31-6-2-3-24(31)20-11-21-17(9-22(30-21)23-14-27-18(15-33)12-28-23)10-25(20)36-19-4-5-26(29-13-19)35-8-7-32/h4-5,9-12,14,24,29-30,32-33H,2-3,6-8,13,15H2,1H3/t24-/m1/s1. The third-order valence-corrected chi connectivity index (χ3v) is 6.36. The summed E-state index contributed by atoms with van der Waals surface area (Å²) in [5.41, 5.74) is 3.82. The fourth-order valence-electron chi connectivity index (χ4n) is 4.63. The second-order valence-corrected chi connectivity index (χ2v) is 8.77. The summed E-state index contributed by atoms with van der Waals surface area (Å²) in [6, 6.07) is 5.95. The number of likely N-dealkylation sites (tertiary alicyclic amines) is 1. The number of carbonyl (C=O) groups excluding carboxylic acids is 1. The molecule has 0 radical (unpaired) electrons. The van der Waals surface area contributed by atoms with Gasteiger partial charge in [-0.1, -0.05) is 0 Å². The van der Waals surface area contributed by atoms with Crippen LogP contribution in [0.5, 0.6) is 5.75 Å². The van der Waals surface area contributed by atoms with E-state index in [0.29, 0.717) is 35.3 Å². The van der Waals surface area contributed by atoms with Gasteiger partial charge < -0.3 is 34.9 Å². The van der Waals surface area contributed by atoms with Gasteiger partial charge in [-0.2, -0.15) is 0 Å². The van der Waals surface area contributed by atoms with Crippen LogP contribution < -0.4 is 10.1 Å². The fourth-order valence-corrected chi connectivity index (χ4v) is 4.63. The number of hydrogen-bond donors (Lipinski definition) is 4. The highest BCUT2D eigenvalue weighted by Gasteiger charge is 2.31. The number of ether oxygens (including phenoxy) is 2. The lowest BCUT2D eigenvalue weighted by Crippen LogP contribution is -2.28. The predicted molar refractivity (Wildman–Crippen MR) is 132 cm³/mol. The average Bonchev–Trinajstić information content (AvgIpc) is 3.55. The molecule has 188 valence electrons. The molecule has 0 aliphatic carbocycles. The van der Waals surface area contributed by atoms with Crippen molar-refractivity contribution in [2.45, 2.75) is 32.4 Å². The Morgan fingerprint density at radius 1 is 1.19 bits per heavy atom. The van der Waals surface area contributed by atoms with Gasteiger partial charge in [-0.15, -0.1) is 0 Å². The highest BCUT2D eigenvalue weighted by atomic mass is 16.5. The maximum atomic E-state index is 12.3. The molecule has 36 heavy (non-hydrogen) atoms. The first-order valence-electron chi connectivity index (χ1n) is 12.0. The summed E-state index contributed by atoms with van der Waals surface area (Å²) in [6.07, 6.45) is 8.59. The van der Waals surface area contributed by atoms with Crippen LogP contribution in [0.15, 0.2) is 54.4 Å². The van der Waals surface area contributed by atoms with Gasteiger partial charge in [0.05, 0.1) is 49.6 Å². The highest BCUT2D eigenvalue weighted by molar-refractivity contribution is 5.87. The molecule has 1 saturated heterocycles. The number of rotatable bonds is 8. The normalized spacial score (nSPS) is 17.5. The fraction of sp³-hybridized carbons (Fsp3) is 0.346. The van der Waals surface area contributed by atoms with E-state index in [9.17, 15) is 9.90 Å². The van der Waals surface area contributed by atoms with Gasteiger partial charge in [0.2, 0.25) is 5.91 Å². The number of fused-ring (bicyclic) bond motifs is 1. The number of aliphatic hydroxyl groups is 2. The monoisotopic (exact) mass is 491 g/mol. The van der Waals surface area contributed by atoms with E-state index >= 15 is 0 Å². The summed E-state index contributed by atoms with van der Waals surface area (Å²) in [4.78, 5) is 26.3. The molecule has 4 heterocycles. The molecule has 10 heteroatoms. The zero-order chi connectivity index (χ0) is 25.1. The van der Waals surface area contributed by atoms with Crippen LogP contribution in [0.2, 0.25) is 0 Å². The van der Waals surface area contributed by atoms with Crippen molar-refractivity contribution in [1.82, 2.24) is 25.2 Å². The van der Waals surface area contributed by atoms with Gasteiger partial charge in [0.15, 0.2) is 5.88 Å². The van der Waals surface area contributed by atoms with Gasteiger partial charge in [-0.05, 0) is 37.1 Å². The summed E-state index contributed by atoms with van der Waals surface area (Å²) in [5.74, 6) is 2.02. The zero-order valence-corrected chi connectivity index (χ0v) is 20.0. The van der Waals surface area contributed by atoms with E-state index < -0.39 is 0 Å². The van der Waals surface area contributed by atoms with Gasteiger partial charge in [0, 0.05) is 36.0 Å². The molecule has 1 aromatic carbocycles. The molecule has 1 fully saturated rings. The number of nitrogens with zero attached hydrogens (tertiary/aromatic N) is 3. The van der Waals surface area contributed by atoms with Crippen molar-refractivity contribution >= 4 is 16.8 Å². The zero-order valence-electron chi connectivity index (χ0n) is 20.0. The van der Waals surface area contributed by atoms with E-state index in [4.69, 9.17) is 14.6 Å². The van der Waals surface area contributed by atoms with E-state index in [-0.39, 0.29) is 31.8 Å². The molecule has 3 aromatic rings. The molecule has 1 amide bonds. The van der Waals surface area contributed by atoms with Crippen molar-refractivity contribution in [2.24, 2.45) is 0 Å². The number of hydrogen-bond acceptors (Lipinski definition) is 8. The van der Waals surface area contributed by atoms with E-state index in [1.807, 2.05) is 23.1 Å². The second-order valence-electron chi connectivity index (χ2n) is 8.77. The SMILES string of the molecule is CC(=O)N1CCC[C@@H]1c1cc2[nH]c(-c3cnc(CO)cn3)cc2cc1OC1=CC=C(OCCO)NC1. The van der Waals surface area contributed by atoms with Gasteiger partial charge in [-0.25, -0.2) is 0 Å². The minimum atomic E-state index is -0.160. The molecular weight excluding hydrogens is 462 g/mol. The summed E-state index contributed by atoms with van der Waals surface area (Å²) in [6.45, 7) is 2.76. The molecule has 5 rings (SSSR count). The van der Waals surface area contributed by atoms with Crippen LogP contribution in [0.3, 0.4) is 0 Å². The molecule has 10 nitrogen and oxygen atoms in total. The molecule has 0 bridgehead atoms. The summed E-state index contributed by atoms with van der Waals surface area (Å²) < 4.78 is 11.8. The summed E-state index contributed by atoms with van der Waals surface area (Å²) >= 11 is 0.